The molecule has 7 nitrogen and oxygen atoms in total. The van der Waals surface area contributed by atoms with Crippen LogP contribution in [0.15, 0.2) is 33.9 Å². The third-order valence-electron chi connectivity index (χ3n) is 2.46. The average molecular weight is 357 g/mol. The van der Waals surface area contributed by atoms with Crippen molar-refractivity contribution in [3.63, 3.8) is 0 Å². The number of hydrogen-bond acceptors (Lipinski definition) is 5. The molecule has 0 fully saturated rings. The molecule has 0 unspecified atom stereocenters. The molecule has 0 radical (unpaired) electrons. The van der Waals surface area contributed by atoms with Crippen LogP contribution in [0.25, 0.3) is 0 Å². The Morgan fingerprint density at radius 3 is 2.70 bits per heavy atom. The smallest absolute Gasteiger partial charge is 0.293 e. The van der Waals surface area contributed by atoms with Gasteiger partial charge in [0.15, 0.2) is 11.5 Å². The number of halogens is 2. The second-order valence-corrected chi connectivity index (χ2v) is 5.59. The minimum absolute atomic E-state index is 0.0813. The predicted octanol–water partition coefficient (Wildman–Crippen LogP) is 2.80. The molecule has 0 aliphatic heterocycles. The van der Waals surface area contributed by atoms with Crippen LogP contribution in [-0.4, -0.2) is 36.4 Å². The molecule has 1 heterocycles. The number of carbonyl (C=O) groups excluding carboxylic acids is 1. The van der Waals surface area contributed by atoms with Gasteiger partial charge in [-0.2, -0.15) is 5.10 Å². The van der Waals surface area contributed by atoms with Gasteiger partial charge in [0.25, 0.3) is 5.91 Å². The number of aromatic nitrogens is 1. The molecular weight excluding hydrogens is 343 g/mol. The van der Waals surface area contributed by atoms with Gasteiger partial charge in [-0.1, -0.05) is 28.4 Å². The Balaban J connectivity index is 1.93. The Morgan fingerprint density at radius 2 is 2.04 bits per heavy atom. The van der Waals surface area contributed by atoms with Crippen molar-refractivity contribution in [1.82, 2.24) is 15.5 Å². The summed E-state index contributed by atoms with van der Waals surface area (Å²) in [7, 11) is 3.56. The van der Waals surface area contributed by atoms with Gasteiger partial charge in [-0.3, -0.25) is 4.79 Å². The highest BCUT2D eigenvalue weighted by atomic mass is 35.5. The summed E-state index contributed by atoms with van der Waals surface area (Å²) in [5.41, 5.74) is 2.42. The molecule has 122 valence electrons. The Hall–Kier alpha value is -2.25. The summed E-state index contributed by atoms with van der Waals surface area (Å²) in [5, 5.41) is 8.31. The van der Waals surface area contributed by atoms with Crippen molar-refractivity contribution < 1.29 is 14.1 Å². The standard InChI is InChI=1S/C14H14Cl2N4O3/c1-20(2)8-17-18-14(21)13-6-12(23-19-13)7-22-11-4-9(15)3-10(16)5-11/h3-6,8H,7H2,1-2H3,(H,18,21). The van der Waals surface area contributed by atoms with Crippen LogP contribution in [0, 0.1) is 0 Å². The summed E-state index contributed by atoms with van der Waals surface area (Å²) in [6.07, 6.45) is 1.45. The van der Waals surface area contributed by atoms with Crippen LogP contribution in [0.1, 0.15) is 16.2 Å². The molecular formula is C14H14Cl2N4O3. The fraction of sp³-hybridized carbons (Fsp3) is 0.214. The van der Waals surface area contributed by atoms with Crippen LogP contribution in [0.4, 0.5) is 0 Å². The third-order valence-corrected chi connectivity index (χ3v) is 2.90. The molecule has 0 aliphatic rings. The highest BCUT2D eigenvalue weighted by Gasteiger charge is 2.12. The quantitative estimate of drug-likeness (QED) is 0.489. The van der Waals surface area contributed by atoms with Crippen molar-refractivity contribution in [1.29, 1.82) is 0 Å². The molecule has 1 amide bonds. The fourth-order valence-corrected chi connectivity index (χ4v) is 2.02. The van der Waals surface area contributed by atoms with Gasteiger partial charge in [0.05, 0.1) is 0 Å². The lowest BCUT2D eigenvalue weighted by Gasteiger charge is -2.04. The number of amides is 1. The second-order valence-electron chi connectivity index (χ2n) is 4.72. The van der Waals surface area contributed by atoms with Crippen LogP contribution in [0.2, 0.25) is 10.0 Å². The molecule has 0 saturated carbocycles. The zero-order chi connectivity index (χ0) is 16.8. The van der Waals surface area contributed by atoms with E-state index in [0.29, 0.717) is 21.6 Å². The lowest BCUT2D eigenvalue weighted by molar-refractivity contribution is 0.0945. The fourth-order valence-electron chi connectivity index (χ4n) is 1.51. The summed E-state index contributed by atoms with van der Waals surface area (Å²) in [4.78, 5) is 13.4. The topological polar surface area (TPSA) is 80.0 Å². The maximum absolute atomic E-state index is 11.8. The minimum Gasteiger partial charge on any atom is -0.485 e. The third kappa shape index (κ3) is 5.46. The first-order chi connectivity index (χ1) is 10.9. The summed E-state index contributed by atoms with van der Waals surface area (Å²) in [5.74, 6) is 0.382. The molecule has 0 bridgehead atoms. The van der Waals surface area contributed by atoms with Gasteiger partial charge >= 0.3 is 0 Å². The van der Waals surface area contributed by atoms with E-state index in [-0.39, 0.29) is 12.3 Å². The van der Waals surface area contributed by atoms with Crippen molar-refractivity contribution in [3.8, 4) is 5.75 Å². The van der Waals surface area contributed by atoms with E-state index in [1.165, 1.54) is 12.4 Å². The minimum atomic E-state index is -0.483. The van der Waals surface area contributed by atoms with Crippen LogP contribution >= 0.6 is 23.2 Å². The average Bonchev–Trinajstić information content (AvgIpc) is 2.92. The molecule has 0 saturated heterocycles. The SMILES string of the molecule is CN(C)C=NNC(=O)c1cc(COc2cc(Cl)cc(Cl)c2)on1. The Bertz CT molecular complexity index is 696. The first-order valence-corrected chi connectivity index (χ1v) is 7.24. The summed E-state index contributed by atoms with van der Waals surface area (Å²) >= 11 is 11.8. The van der Waals surface area contributed by atoms with Gasteiger partial charge in [-0.15, -0.1) is 0 Å². The van der Waals surface area contributed by atoms with Crippen molar-refractivity contribution in [3.05, 3.63) is 45.8 Å². The van der Waals surface area contributed by atoms with Crippen LogP contribution in [0.3, 0.4) is 0 Å². The Labute approximate surface area is 142 Å². The molecule has 23 heavy (non-hydrogen) atoms. The van der Waals surface area contributed by atoms with Gasteiger partial charge < -0.3 is 14.2 Å². The Morgan fingerprint density at radius 1 is 1.35 bits per heavy atom. The van der Waals surface area contributed by atoms with Crippen molar-refractivity contribution in [2.24, 2.45) is 5.10 Å². The van der Waals surface area contributed by atoms with Crippen molar-refractivity contribution >= 4 is 35.4 Å². The van der Waals surface area contributed by atoms with E-state index in [0.717, 1.165) is 0 Å². The van der Waals surface area contributed by atoms with Crippen LogP contribution < -0.4 is 10.2 Å². The zero-order valence-electron chi connectivity index (χ0n) is 12.4. The number of hydrazone groups is 1. The predicted molar refractivity (Wildman–Crippen MR) is 86.9 cm³/mol. The van der Waals surface area contributed by atoms with Crippen LogP contribution in [0.5, 0.6) is 5.75 Å². The van der Waals surface area contributed by atoms with Gasteiger partial charge in [-0.25, -0.2) is 5.43 Å². The number of nitrogens with one attached hydrogen (secondary N) is 1. The van der Waals surface area contributed by atoms with Gasteiger partial charge in [-0.05, 0) is 18.2 Å². The molecule has 1 N–H and O–H groups in total. The van der Waals surface area contributed by atoms with Gasteiger partial charge in [0, 0.05) is 30.2 Å². The lowest BCUT2D eigenvalue weighted by Crippen LogP contribution is -2.20. The number of nitrogens with zero attached hydrogens (tertiary/aromatic N) is 3. The molecule has 0 atom stereocenters. The summed E-state index contributed by atoms with van der Waals surface area (Å²) < 4.78 is 10.5. The molecule has 0 aliphatic carbocycles. The van der Waals surface area contributed by atoms with Crippen molar-refractivity contribution in [2.75, 3.05) is 14.1 Å². The van der Waals surface area contributed by atoms with Crippen molar-refractivity contribution in [2.45, 2.75) is 6.61 Å². The van der Waals surface area contributed by atoms with E-state index in [1.54, 1.807) is 37.2 Å². The molecule has 9 heteroatoms. The van der Waals surface area contributed by atoms with Gasteiger partial charge in [0.2, 0.25) is 0 Å². The van der Waals surface area contributed by atoms with Crippen LogP contribution in [-0.2, 0) is 6.61 Å². The highest BCUT2D eigenvalue weighted by molar-refractivity contribution is 6.34. The number of hydrogen-bond donors (Lipinski definition) is 1. The Kier molecular flexibility index (Phi) is 5.84. The molecule has 1 aromatic heterocycles. The highest BCUT2D eigenvalue weighted by Crippen LogP contribution is 2.24. The van der Waals surface area contributed by atoms with Gasteiger partial charge in [0.1, 0.15) is 18.7 Å². The summed E-state index contributed by atoms with van der Waals surface area (Å²) in [6.45, 7) is 0.0813. The maximum Gasteiger partial charge on any atom is 0.293 e. The molecule has 1 aromatic carbocycles. The van der Waals surface area contributed by atoms with E-state index >= 15 is 0 Å². The van der Waals surface area contributed by atoms with E-state index in [2.05, 4.69) is 15.7 Å². The number of ether oxygens (including phenoxy) is 1. The normalized spacial score (nSPS) is 10.8. The summed E-state index contributed by atoms with van der Waals surface area (Å²) in [6, 6.07) is 6.30. The molecule has 2 aromatic rings. The number of benzene rings is 1. The van der Waals surface area contributed by atoms with E-state index in [4.69, 9.17) is 32.5 Å². The van der Waals surface area contributed by atoms with E-state index in [9.17, 15) is 4.79 Å². The molecule has 2 rings (SSSR count). The van der Waals surface area contributed by atoms with E-state index < -0.39 is 5.91 Å². The number of rotatable bonds is 6. The lowest BCUT2D eigenvalue weighted by atomic mass is 10.3. The zero-order valence-corrected chi connectivity index (χ0v) is 13.9. The van der Waals surface area contributed by atoms with E-state index in [1.807, 2.05) is 0 Å². The monoisotopic (exact) mass is 356 g/mol. The maximum atomic E-state index is 11.8. The molecule has 0 spiro atoms. The first kappa shape index (κ1) is 17.1. The number of carbonyl (C=O) groups is 1. The largest absolute Gasteiger partial charge is 0.485 e. The second kappa shape index (κ2) is 7.85. The first-order valence-electron chi connectivity index (χ1n) is 6.48.